The fraction of sp³-hybridized carbons (Fsp3) is 0.455. The van der Waals surface area contributed by atoms with Crippen LogP contribution in [0.5, 0.6) is 5.75 Å². The zero-order chi connectivity index (χ0) is 13.8. The van der Waals surface area contributed by atoms with Gasteiger partial charge >= 0.3 is 0 Å². The van der Waals surface area contributed by atoms with Gasteiger partial charge in [0, 0.05) is 18.1 Å². The third kappa shape index (κ3) is 3.14. The van der Waals surface area contributed by atoms with Gasteiger partial charge in [-0.05, 0) is 18.2 Å². The highest BCUT2D eigenvalue weighted by Crippen LogP contribution is 2.29. The number of aliphatic hydroxyl groups is 1. The summed E-state index contributed by atoms with van der Waals surface area (Å²) in [4.78, 5) is 0.00722. The molecule has 0 saturated heterocycles. The van der Waals surface area contributed by atoms with Gasteiger partial charge in [0.1, 0.15) is 10.6 Å². The van der Waals surface area contributed by atoms with E-state index < -0.39 is 10.0 Å². The van der Waals surface area contributed by atoms with Gasteiger partial charge in [0.05, 0.1) is 13.7 Å². The van der Waals surface area contributed by atoms with Crippen LogP contribution >= 0.6 is 11.6 Å². The second-order valence-electron chi connectivity index (χ2n) is 3.52. The molecule has 0 fully saturated rings. The molecule has 1 N–H and O–H groups in total. The van der Waals surface area contributed by atoms with E-state index in [-0.39, 0.29) is 30.3 Å². The average Bonchev–Trinajstić information content (AvgIpc) is 2.35. The van der Waals surface area contributed by atoms with Crippen LogP contribution in [0.3, 0.4) is 0 Å². The van der Waals surface area contributed by atoms with Crippen molar-refractivity contribution < 1.29 is 18.3 Å². The maximum Gasteiger partial charge on any atom is 0.246 e. The summed E-state index contributed by atoms with van der Waals surface area (Å²) in [6.07, 6.45) is 0. The minimum atomic E-state index is -3.71. The Bertz CT molecular complexity index is 504. The van der Waals surface area contributed by atoms with Gasteiger partial charge in [0.25, 0.3) is 0 Å². The van der Waals surface area contributed by atoms with Crippen LogP contribution in [-0.2, 0) is 10.0 Å². The summed E-state index contributed by atoms with van der Waals surface area (Å²) >= 11 is 5.82. The molecule has 7 heteroatoms. The van der Waals surface area contributed by atoms with Crippen molar-refractivity contribution in [3.05, 3.63) is 23.2 Å². The number of hydrogen-bond donors (Lipinski definition) is 1. The number of aliphatic hydroxyl groups excluding tert-OH is 1. The van der Waals surface area contributed by atoms with Crippen molar-refractivity contribution in [3.8, 4) is 5.75 Å². The Hall–Kier alpha value is -0.820. The van der Waals surface area contributed by atoms with Crippen molar-refractivity contribution in [2.75, 3.05) is 26.8 Å². The van der Waals surface area contributed by atoms with Gasteiger partial charge in [-0.15, -0.1) is 0 Å². The summed E-state index contributed by atoms with van der Waals surface area (Å²) in [5.41, 5.74) is 0. The molecule has 0 spiro atoms. The fourth-order valence-corrected chi connectivity index (χ4v) is 3.41. The van der Waals surface area contributed by atoms with Gasteiger partial charge in [-0.1, -0.05) is 18.5 Å². The SMILES string of the molecule is CCN(CCO)S(=O)(=O)c1cc(Cl)ccc1OC. The molecule has 0 atom stereocenters. The summed E-state index contributed by atoms with van der Waals surface area (Å²) in [5, 5.41) is 9.21. The van der Waals surface area contributed by atoms with Crippen LogP contribution < -0.4 is 4.74 Å². The lowest BCUT2D eigenvalue weighted by Crippen LogP contribution is -2.33. The summed E-state index contributed by atoms with van der Waals surface area (Å²) in [6.45, 7) is 1.76. The summed E-state index contributed by atoms with van der Waals surface area (Å²) in [6, 6.07) is 4.40. The molecule has 0 aliphatic heterocycles. The van der Waals surface area contributed by atoms with Crippen LogP contribution in [0.4, 0.5) is 0 Å². The second-order valence-corrected chi connectivity index (χ2v) is 5.86. The quantitative estimate of drug-likeness (QED) is 0.860. The predicted molar refractivity (Wildman–Crippen MR) is 69.5 cm³/mol. The molecule has 102 valence electrons. The standard InChI is InChI=1S/C11H16ClNO4S/c1-3-13(6-7-14)18(15,16)11-8-9(12)4-5-10(11)17-2/h4-5,8,14H,3,6-7H2,1-2H3. The highest BCUT2D eigenvalue weighted by atomic mass is 35.5. The van der Waals surface area contributed by atoms with Crippen LogP contribution in [0.1, 0.15) is 6.92 Å². The van der Waals surface area contributed by atoms with Gasteiger partial charge in [-0.25, -0.2) is 8.42 Å². The highest BCUT2D eigenvalue weighted by molar-refractivity contribution is 7.89. The minimum absolute atomic E-state index is 0.00722. The Kier molecular flexibility index (Phi) is 5.40. The minimum Gasteiger partial charge on any atom is -0.495 e. The van der Waals surface area contributed by atoms with E-state index in [2.05, 4.69) is 0 Å². The van der Waals surface area contributed by atoms with Gasteiger partial charge in [0.2, 0.25) is 10.0 Å². The molecule has 0 amide bonds. The lowest BCUT2D eigenvalue weighted by atomic mass is 10.3. The van der Waals surface area contributed by atoms with E-state index in [4.69, 9.17) is 21.4 Å². The molecule has 1 rings (SSSR count). The smallest absolute Gasteiger partial charge is 0.246 e. The van der Waals surface area contributed by atoms with Crippen molar-refractivity contribution in [2.45, 2.75) is 11.8 Å². The monoisotopic (exact) mass is 293 g/mol. The number of likely N-dealkylation sites (N-methyl/N-ethyl adjacent to an activating group) is 1. The molecule has 1 aromatic carbocycles. The predicted octanol–water partition coefficient (Wildman–Crippen LogP) is 1.35. The molecule has 0 bridgehead atoms. The number of halogens is 1. The fourth-order valence-electron chi connectivity index (χ4n) is 1.55. The van der Waals surface area contributed by atoms with E-state index in [1.807, 2.05) is 0 Å². The molecule has 5 nitrogen and oxygen atoms in total. The number of ether oxygens (including phenoxy) is 1. The molecular formula is C11H16ClNO4S. The first kappa shape index (κ1) is 15.2. The van der Waals surface area contributed by atoms with Gasteiger partial charge in [-0.3, -0.25) is 0 Å². The van der Waals surface area contributed by atoms with Crippen molar-refractivity contribution in [3.63, 3.8) is 0 Å². The third-order valence-electron chi connectivity index (χ3n) is 2.45. The molecule has 0 aliphatic rings. The Labute approximate surface area is 112 Å². The van der Waals surface area contributed by atoms with Crippen LogP contribution in [0.2, 0.25) is 5.02 Å². The summed E-state index contributed by atoms with van der Waals surface area (Å²) in [5.74, 6) is 0.232. The first-order valence-corrected chi connectivity index (χ1v) is 7.23. The number of sulfonamides is 1. The van der Waals surface area contributed by atoms with Gasteiger partial charge in [0.15, 0.2) is 0 Å². The maximum atomic E-state index is 12.4. The second kappa shape index (κ2) is 6.38. The number of methoxy groups -OCH3 is 1. The largest absolute Gasteiger partial charge is 0.495 e. The molecule has 0 radical (unpaired) electrons. The summed E-state index contributed by atoms with van der Waals surface area (Å²) < 4.78 is 30.9. The molecule has 0 aromatic heterocycles. The molecule has 0 aliphatic carbocycles. The Morgan fingerprint density at radius 3 is 2.61 bits per heavy atom. The van der Waals surface area contributed by atoms with E-state index in [0.29, 0.717) is 5.02 Å². The zero-order valence-electron chi connectivity index (χ0n) is 10.3. The van der Waals surface area contributed by atoms with Crippen LogP contribution in [0.25, 0.3) is 0 Å². The molecule has 0 heterocycles. The van der Waals surface area contributed by atoms with E-state index in [9.17, 15) is 8.42 Å². The Morgan fingerprint density at radius 1 is 1.44 bits per heavy atom. The van der Waals surface area contributed by atoms with Crippen molar-refractivity contribution >= 4 is 21.6 Å². The zero-order valence-corrected chi connectivity index (χ0v) is 11.8. The van der Waals surface area contributed by atoms with Crippen molar-refractivity contribution in [1.29, 1.82) is 0 Å². The van der Waals surface area contributed by atoms with Gasteiger partial charge < -0.3 is 9.84 Å². The number of rotatable bonds is 6. The normalized spacial score (nSPS) is 11.8. The lowest BCUT2D eigenvalue weighted by Gasteiger charge is -2.20. The maximum absolute atomic E-state index is 12.4. The first-order chi connectivity index (χ1) is 8.47. The molecule has 1 aromatic rings. The first-order valence-electron chi connectivity index (χ1n) is 5.42. The molecular weight excluding hydrogens is 278 g/mol. The van der Waals surface area contributed by atoms with Crippen LogP contribution in [0, 0.1) is 0 Å². The number of benzene rings is 1. The van der Waals surface area contributed by atoms with Gasteiger partial charge in [-0.2, -0.15) is 4.31 Å². The van der Waals surface area contributed by atoms with Crippen molar-refractivity contribution in [2.24, 2.45) is 0 Å². The highest BCUT2D eigenvalue weighted by Gasteiger charge is 2.26. The van der Waals surface area contributed by atoms with Crippen molar-refractivity contribution in [1.82, 2.24) is 4.31 Å². The lowest BCUT2D eigenvalue weighted by molar-refractivity contribution is 0.256. The topological polar surface area (TPSA) is 66.8 Å². The van der Waals surface area contributed by atoms with E-state index in [0.717, 1.165) is 0 Å². The van der Waals surface area contributed by atoms with E-state index in [1.54, 1.807) is 13.0 Å². The van der Waals surface area contributed by atoms with Crippen LogP contribution in [0.15, 0.2) is 23.1 Å². The molecule has 0 unspecified atom stereocenters. The molecule has 0 saturated carbocycles. The van der Waals surface area contributed by atoms with E-state index >= 15 is 0 Å². The Morgan fingerprint density at radius 2 is 2.11 bits per heavy atom. The average molecular weight is 294 g/mol. The van der Waals surface area contributed by atoms with Crippen LogP contribution in [-0.4, -0.2) is 44.6 Å². The summed E-state index contributed by atoms with van der Waals surface area (Å²) in [7, 11) is -2.32. The Balaban J connectivity index is 3.30. The molecule has 18 heavy (non-hydrogen) atoms. The third-order valence-corrected chi connectivity index (χ3v) is 4.68. The number of nitrogens with zero attached hydrogens (tertiary/aromatic N) is 1. The number of hydrogen-bond acceptors (Lipinski definition) is 4. The van der Waals surface area contributed by atoms with E-state index in [1.165, 1.54) is 23.5 Å².